The number of nitrogens with one attached hydrogen (secondary N) is 1. The molecule has 1 aliphatic rings. The van der Waals surface area contributed by atoms with Crippen molar-refractivity contribution in [2.75, 3.05) is 31.1 Å². The van der Waals surface area contributed by atoms with Crippen LogP contribution in [0.15, 0.2) is 47.5 Å². The number of pyridine rings is 2. The predicted molar refractivity (Wildman–Crippen MR) is 110 cm³/mol. The molecule has 0 amide bonds. The van der Waals surface area contributed by atoms with E-state index in [2.05, 4.69) is 15.3 Å². The number of anilines is 1. The third-order valence-electron chi connectivity index (χ3n) is 5.43. The SMILES string of the molecule is Cn1cc2cc(-c3ccn4c(=O)c(N5CCNCC5)ccc4c3)c(O)c(F)c2n1. The van der Waals surface area contributed by atoms with E-state index in [-0.39, 0.29) is 11.1 Å². The van der Waals surface area contributed by atoms with Crippen molar-refractivity contribution in [1.29, 1.82) is 0 Å². The molecular formula is C21H20FN5O2. The number of aromatic hydroxyl groups is 1. The van der Waals surface area contributed by atoms with Gasteiger partial charge in [-0.25, -0.2) is 4.39 Å². The highest BCUT2D eigenvalue weighted by molar-refractivity contribution is 5.89. The molecule has 0 atom stereocenters. The molecule has 5 rings (SSSR count). The van der Waals surface area contributed by atoms with E-state index in [9.17, 15) is 14.3 Å². The molecule has 3 aromatic heterocycles. The lowest BCUT2D eigenvalue weighted by atomic mass is 10.0. The third kappa shape index (κ3) is 2.84. The Morgan fingerprint density at radius 3 is 2.76 bits per heavy atom. The minimum atomic E-state index is -0.746. The van der Waals surface area contributed by atoms with E-state index < -0.39 is 11.6 Å². The number of phenolic OH excluding ortho intramolecular Hbond substituents is 1. The molecule has 0 spiro atoms. The van der Waals surface area contributed by atoms with Crippen molar-refractivity contribution in [2.45, 2.75) is 0 Å². The lowest BCUT2D eigenvalue weighted by Crippen LogP contribution is -2.45. The van der Waals surface area contributed by atoms with Gasteiger partial charge in [-0.3, -0.25) is 13.9 Å². The van der Waals surface area contributed by atoms with E-state index in [0.717, 1.165) is 26.2 Å². The third-order valence-corrected chi connectivity index (χ3v) is 5.43. The summed E-state index contributed by atoms with van der Waals surface area (Å²) in [7, 11) is 1.70. The van der Waals surface area contributed by atoms with Crippen molar-refractivity contribution >= 4 is 22.1 Å². The number of fused-ring (bicyclic) bond motifs is 2. The fourth-order valence-corrected chi connectivity index (χ4v) is 3.96. The highest BCUT2D eigenvalue weighted by Gasteiger charge is 2.18. The van der Waals surface area contributed by atoms with Gasteiger partial charge in [0.1, 0.15) is 11.2 Å². The van der Waals surface area contributed by atoms with Crippen LogP contribution in [-0.4, -0.2) is 45.5 Å². The molecule has 7 nitrogen and oxygen atoms in total. The van der Waals surface area contributed by atoms with Crippen LogP contribution in [0.25, 0.3) is 27.5 Å². The summed E-state index contributed by atoms with van der Waals surface area (Å²) in [5.74, 6) is -1.19. The maximum absolute atomic E-state index is 14.6. The summed E-state index contributed by atoms with van der Waals surface area (Å²) in [6.07, 6.45) is 3.37. The van der Waals surface area contributed by atoms with Crippen molar-refractivity contribution in [3.63, 3.8) is 0 Å². The van der Waals surface area contributed by atoms with Gasteiger partial charge in [0.15, 0.2) is 11.6 Å². The zero-order valence-electron chi connectivity index (χ0n) is 15.9. The lowest BCUT2D eigenvalue weighted by molar-refractivity contribution is 0.437. The van der Waals surface area contributed by atoms with Gasteiger partial charge < -0.3 is 15.3 Å². The summed E-state index contributed by atoms with van der Waals surface area (Å²) in [5.41, 5.74) is 2.38. The highest BCUT2D eigenvalue weighted by atomic mass is 19.1. The molecule has 8 heteroatoms. The molecule has 1 aliphatic heterocycles. The average molecular weight is 393 g/mol. The number of hydrogen-bond acceptors (Lipinski definition) is 5. The maximum atomic E-state index is 14.6. The minimum Gasteiger partial charge on any atom is -0.504 e. The summed E-state index contributed by atoms with van der Waals surface area (Å²) in [6.45, 7) is 3.28. The molecular weight excluding hydrogens is 373 g/mol. The first-order chi connectivity index (χ1) is 14.0. The Morgan fingerprint density at radius 1 is 1.17 bits per heavy atom. The lowest BCUT2D eigenvalue weighted by Gasteiger charge is -2.28. The van der Waals surface area contributed by atoms with Gasteiger partial charge in [0.05, 0.1) is 0 Å². The van der Waals surface area contributed by atoms with Gasteiger partial charge in [-0.2, -0.15) is 5.10 Å². The molecule has 0 bridgehead atoms. The van der Waals surface area contributed by atoms with Crippen LogP contribution < -0.4 is 15.8 Å². The Bertz CT molecular complexity index is 1300. The Hall–Kier alpha value is -3.39. The second-order valence-electron chi connectivity index (χ2n) is 7.30. The first-order valence-electron chi connectivity index (χ1n) is 9.49. The number of phenols is 1. The van der Waals surface area contributed by atoms with Crippen LogP contribution in [0.1, 0.15) is 0 Å². The van der Waals surface area contributed by atoms with E-state index in [1.165, 1.54) is 4.68 Å². The van der Waals surface area contributed by atoms with Gasteiger partial charge in [0.2, 0.25) is 0 Å². The normalized spacial score (nSPS) is 14.8. The monoisotopic (exact) mass is 393 g/mol. The molecule has 4 aromatic rings. The van der Waals surface area contributed by atoms with Crippen molar-refractivity contribution in [3.8, 4) is 16.9 Å². The number of benzene rings is 1. The van der Waals surface area contributed by atoms with E-state index in [4.69, 9.17) is 0 Å². The van der Waals surface area contributed by atoms with E-state index in [1.807, 2.05) is 12.1 Å². The summed E-state index contributed by atoms with van der Waals surface area (Å²) in [5, 5.41) is 18.3. The Labute approximate surface area is 165 Å². The summed E-state index contributed by atoms with van der Waals surface area (Å²) >= 11 is 0. The fourth-order valence-electron chi connectivity index (χ4n) is 3.96. The minimum absolute atomic E-state index is 0.0888. The van der Waals surface area contributed by atoms with Gasteiger partial charge in [-0.05, 0) is 35.9 Å². The molecule has 1 aromatic carbocycles. The van der Waals surface area contributed by atoms with Crippen molar-refractivity contribution in [2.24, 2.45) is 7.05 Å². The molecule has 0 unspecified atom stereocenters. The number of rotatable bonds is 2. The maximum Gasteiger partial charge on any atom is 0.278 e. The van der Waals surface area contributed by atoms with Crippen LogP contribution in [0, 0.1) is 5.82 Å². The summed E-state index contributed by atoms with van der Waals surface area (Å²) in [4.78, 5) is 15.0. The quantitative estimate of drug-likeness (QED) is 0.546. The number of halogens is 1. The van der Waals surface area contributed by atoms with Crippen LogP contribution in [0.3, 0.4) is 0 Å². The highest BCUT2D eigenvalue weighted by Crippen LogP contribution is 2.36. The standard InChI is InChI=1S/C21H20FN5O2/c1-25-12-14-11-16(20(28)18(22)19(14)24-25)13-4-7-27-15(10-13)2-3-17(21(27)29)26-8-5-23-6-9-26/h2-4,7,10-12,23,28H,5-6,8-9H2,1H3. The van der Waals surface area contributed by atoms with E-state index >= 15 is 0 Å². The Morgan fingerprint density at radius 2 is 1.97 bits per heavy atom. The number of aromatic nitrogens is 3. The van der Waals surface area contributed by atoms with Crippen LogP contribution in [-0.2, 0) is 7.05 Å². The van der Waals surface area contributed by atoms with Crippen molar-refractivity contribution in [1.82, 2.24) is 19.5 Å². The van der Waals surface area contributed by atoms with Gasteiger partial charge in [-0.15, -0.1) is 0 Å². The Kier molecular flexibility index (Phi) is 4.02. The first-order valence-corrected chi connectivity index (χ1v) is 9.49. The molecule has 148 valence electrons. The van der Waals surface area contributed by atoms with Crippen molar-refractivity contribution in [3.05, 3.63) is 58.9 Å². The first kappa shape index (κ1) is 17.7. The number of hydrogen-bond donors (Lipinski definition) is 2. The largest absolute Gasteiger partial charge is 0.504 e. The van der Waals surface area contributed by atoms with E-state index in [0.29, 0.717) is 27.7 Å². The zero-order chi connectivity index (χ0) is 20.1. The smallest absolute Gasteiger partial charge is 0.278 e. The number of nitrogens with zero attached hydrogens (tertiary/aromatic N) is 4. The average Bonchev–Trinajstić information content (AvgIpc) is 3.12. The second kappa shape index (κ2) is 6.59. The van der Waals surface area contributed by atoms with Gasteiger partial charge in [-0.1, -0.05) is 0 Å². The number of aryl methyl sites for hydroxylation is 1. The molecule has 0 saturated carbocycles. The summed E-state index contributed by atoms with van der Waals surface area (Å²) in [6, 6.07) is 8.90. The van der Waals surface area contributed by atoms with E-state index in [1.54, 1.807) is 42.0 Å². The fraction of sp³-hybridized carbons (Fsp3) is 0.238. The Balaban J connectivity index is 1.63. The molecule has 2 N–H and O–H groups in total. The molecule has 0 aliphatic carbocycles. The van der Waals surface area contributed by atoms with Gasteiger partial charge in [0.25, 0.3) is 5.56 Å². The predicted octanol–water partition coefficient (Wildman–Crippen LogP) is 2.11. The molecule has 4 heterocycles. The van der Waals surface area contributed by atoms with Crippen LogP contribution >= 0.6 is 0 Å². The van der Waals surface area contributed by atoms with Gasteiger partial charge in [0, 0.05) is 62.1 Å². The van der Waals surface area contributed by atoms with Crippen LogP contribution in [0.5, 0.6) is 5.75 Å². The molecule has 29 heavy (non-hydrogen) atoms. The van der Waals surface area contributed by atoms with Crippen LogP contribution in [0.4, 0.5) is 10.1 Å². The molecule has 1 saturated heterocycles. The van der Waals surface area contributed by atoms with Crippen molar-refractivity contribution < 1.29 is 9.50 Å². The summed E-state index contributed by atoms with van der Waals surface area (Å²) < 4.78 is 17.7. The van der Waals surface area contributed by atoms with Crippen LogP contribution in [0.2, 0.25) is 0 Å². The topological polar surface area (TPSA) is 74.8 Å². The van der Waals surface area contributed by atoms with Gasteiger partial charge >= 0.3 is 0 Å². The molecule has 0 radical (unpaired) electrons. The second-order valence-corrected chi connectivity index (χ2v) is 7.30. The zero-order valence-corrected chi connectivity index (χ0v) is 15.9. The number of piperazine rings is 1. The molecule has 1 fully saturated rings.